The predicted molar refractivity (Wildman–Crippen MR) is 43.7 cm³/mol. The van der Waals surface area contributed by atoms with Crippen molar-refractivity contribution in [2.24, 2.45) is 5.41 Å². The van der Waals surface area contributed by atoms with Gasteiger partial charge in [-0.25, -0.2) is 0 Å². The van der Waals surface area contributed by atoms with Gasteiger partial charge in [0.1, 0.15) is 0 Å². The Morgan fingerprint density at radius 1 is 1.45 bits per heavy atom. The Hall–Kier alpha value is -1.03. The second-order valence-electron chi connectivity index (χ2n) is 3.35. The van der Waals surface area contributed by atoms with Crippen molar-refractivity contribution in [2.45, 2.75) is 25.7 Å². The molecule has 2 rings (SSSR count). The molecule has 11 heavy (non-hydrogen) atoms. The van der Waals surface area contributed by atoms with E-state index in [4.69, 9.17) is 5.26 Å². The van der Waals surface area contributed by atoms with Crippen LogP contribution in [0.3, 0.4) is 0 Å². The molecule has 0 saturated heterocycles. The Kier molecular flexibility index (Phi) is 1.35. The summed E-state index contributed by atoms with van der Waals surface area (Å²) in [5.74, 6) is 0. The molecule has 0 amide bonds. The van der Waals surface area contributed by atoms with E-state index in [1.165, 1.54) is 5.57 Å². The Bertz CT molecular complexity index is 261. The van der Waals surface area contributed by atoms with Gasteiger partial charge in [0, 0.05) is 0 Å². The summed E-state index contributed by atoms with van der Waals surface area (Å²) in [6.45, 7) is 0. The topological polar surface area (TPSA) is 23.8 Å². The molecule has 1 heteroatoms. The first-order chi connectivity index (χ1) is 5.37. The lowest BCUT2D eigenvalue weighted by Crippen LogP contribution is -2.02. The number of allylic oxidation sites excluding steroid dienone is 4. The van der Waals surface area contributed by atoms with Crippen LogP contribution in [0.4, 0.5) is 0 Å². The minimum atomic E-state index is -0.0231. The second-order valence-corrected chi connectivity index (χ2v) is 3.35. The molecule has 0 aromatic carbocycles. The van der Waals surface area contributed by atoms with Gasteiger partial charge in [-0.3, -0.25) is 0 Å². The molecule has 2 aliphatic rings. The van der Waals surface area contributed by atoms with Crippen molar-refractivity contribution in [2.75, 3.05) is 0 Å². The highest BCUT2D eigenvalue weighted by Gasteiger charge is 2.45. The van der Waals surface area contributed by atoms with Crippen molar-refractivity contribution >= 4 is 0 Å². The third kappa shape index (κ3) is 0.991. The first-order valence-electron chi connectivity index (χ1n) is 4.15. The zero-order valence-electron chi connectivity index (χ0n) is 6.51. The van der Waals surface area contributed by atoms with Crippen LogP contribution >= 0.6 is 0 Å². The smallest absolute Gasteiger partial charge is 0.0787 e. The van der Waals surface area contributed by atoms with E-state index in [9.17, 15) is 0 Å². The normalized spacial score (nSPS) is 25.5. The minimum absolute atomic E-state index is 0.0231. The van der Waals surface area contributed by atoms with Gasteiger partial charge in [0.2, 0.25) is 0 Å². The Morgan fingerprint density at radius 3 is 2.73 bits per heavy atom. The van der Waals surface area contributed by atoms with Gasteiger partial charge in [-0.15, -0.1) is 0 Å². The molecule has 0 aromatic rings. The summed E-state index contributed by atoms with van der Waals surface area (Å²) >= 11 is 0. The van der Waals surface area contributed by atoms with E-state index in [1.807, 2.05) is 0 Å². The predicted octanol–water partition coefficient (Wildman–Crippen LogP) is 2.57. The highest BCUT2D eigenvalue weighted by Crippen LogP contribution is 2.53. The van der Waals surface area contributed by atoms with Crippen molar-refractivity contribution < 1.29 is 0 Å². The van der Waals surface area contributed by atoms with Gasteiger partial charge in [0.25, 0.3) is 0 Å². The van der Waals surface area contributed by atoms with Crippen LogP contribution in [-0.2, 0) is 0 Å². The zero-order chi connectivity index (χ0) is 7.73. The zero-order valence-corrected chi connectivity index (χ0v) is 6.51. The highest BCUT2D eigenvalue weighted by atomic mass is 14.5. The van der Waals surface area contributed by atoms with E-state index in [-0.39, 0.29) is 5.41 Å². The van der Waals surface area contributed by atoms with Crippen LogP contribution < -0.4 is 0 Å². The fourth-order valence-electron chi connectivity index (χ4n) is 1.63. The molecular formula is C10H11N. The van der Waals surface area contributed by atoms with Crippen molar-refractivity contribution in [1.82, 2.24) is 0 Å². The Morgan fingerprint density at radius 2 is 2.27 bits per heavy atom. The van der Waals surface area contributed by atoms with Crippen molar-refractivity contribution in [1.29, 1.82) is 5.26 Å². The van der Waals surface area contributed by atoms with Gasteiger partial charge in [-0.2, -0.15) is 5.26 Å². The maximum atomic E-state index is 8.89. The van der Waals surface area contributed by atoms with Gasteiger partial charge in [0.05, 0.1) is 11.5 Å². The van der Waals surface area contributed by atoms with Crippen molar-refractivity contribution in [3.63, 3.8) is 0 Å². The average molecular weight is 145 g/mol. The Labute approximate surface area is 67.0 Å². The fourth-order valence-corrected chi connectivity index (χ4v) is 1.63. The molecule has 56 valence electrons. The molecule has 1 fully saturated rings. The van der Waals surface area contributed by atoms with Crippen LogP contribution in [0.25, 0.3) is 0 Å². The maximum absolute atomic E-state index is 8.89. The first kappa shape index (κ1) is 6.67. The maximum Gasteiger partial charge on any atom is 0.0787 e. The second kappa shape index (κ2) is 2.23. The number of rotatable bonds is 1. The molecule has 0 radical (unpaired) electrons. The quantitative estimate of drug-likeness (QED) is 0.556. The molecule has 1 nitrogen and oxygen atoms in total. The third-order valence-electron chi connectivity index (χ3n) is 2.59. The molecule has 1 saturated carbocycles. The molecule has 0 atom stereocenters. The molecule has 0 aliphatic heterocycles. The number of hydrogen-bond acceptors (Lipinski definition) is 1. The summed E-state index contributed by atoms with van der Waals surface area (Å²) in [5, 5.41) is 8.89. The summed E-state index contributed by atoms with van der Waals surface area (Å²) in [4.78, 5) is 0. The molecule has 0 unspecified atom stereocenters. The molecule has 0 bridgehead atoms. The fraction of sp³-hybridized carbons (Fsp3) is 0.500. The summed E-state index contributed by atoms with van der Waals surface area (Å²) in [6.07, 6.45) is 10.8. The number of nitriles is 1. The minimum Gasteiger partial charge on any atom is -0.197 e. The number of nitrogens with zero attached hydrogens (tertiary/aromatic N) is 1. The van der Waals surface area contributed by atoms with Crippen molar-refractivity contribution in [3.05, 3.63) is 23.8 Å². The molecule has 2 aliphatic carbocycles. The highest BCUT2D eigenvalue weighted by molar-refractivity contribution is 5.35. The monoisotopic (exact) mass is 145 g/mol. The lowest BCUT2D eigenvalue weighted by Gasteiger charge is -2.12. The van der Waals surface area contributed by atoms with Gasteiger partial charge in [-0.05, 0) is 31.3 Å². The largest absolute Gasteiger partial charge is 0.197 e. The van der Waals surface area contributed by atoms with Crippen LogP contribution in [0.5, 0.6) is 0 Å². The van der Waals surface area contributed by atoms with E-state index in [1.54, 1.807) is 0 Å². The first-order valence-corrected chi connectivity index (χ1v) is 4.15. The van der Waals surface area contributed by atoms with E-state index < -0.39 is 0 Å². The van der Waals surface area contributed by atoms with Crippen LogP contribution in [-0.4, -0.2) is 0 Å². The molecule has 0 spiro atoms. The summed E-state index contributed by atoms with van der Waals surface area (Å²) in [6, 6.07) is 2.42. The molecule has 0 heterocycles. The van der Waals surface area contributed by atoms with Gasteiger partial charge in [-0.1, -0.05) is 18.2 Å². The van der Waals surface area contributed by atoms with E-state index in [0.29, 0.717) is 0 Å². The summed E-state index contributed by atoms with van der Waals surface area (Å²) in [5.41, 5.74) is 1.34. The van der Waals surface area contributed by atoms with Gasteiger partial charge >= 0.3 is 0 Å². The lowest BCUT2D eigenvalue weighted by atomic mass is 9.90. The molecular weight excluding hydrogens is 134 g/mol. The SMILES string of the molecule is N#CC1(C2=CC=CCC2)CC1. The van der Waals surface area contributed by atoms with Crippen LogP contribution in [0.2, 0.25) is 0 Å². The average Bonchev–Trinajstić information content (AvgIpc) is 2.86. The Balaban J connectivity index is 2.22. The van der Waals surface area contributed by atoms with Crippen LogP contribution in [0.1, 0.15) is 25.7 Å². The van der Waals surface area contributed by atoms with E-state index in [0.717, 1.165) is 25.7 Å². The van der Waals surface area contributed by atoms with Gasteiger partial charge in [0.15, 0.2) is 0 Å². The summed E-state index contributed by atoms with van der Waals surface area (Å²) in [7, 11) is 0. The summed E-state index contributed by atoms with van der Waals surface area (Å²) < 4.78 is 0. The van der Waals surface area contributed by atoms with Crippen LogP contribution in [0.15, 0.2) is 23.8 Å². The van der Waals surface area contributed by atoms with Gasteiger partial charge < -0.3 is 0 Å². The molecule has 0 aromatic heterocycles. The lowest BCUT2D eigenvalue weighted by molar-refractivity contribution is 0.729. The number of hydrogen-bond donors (Lipinski definition) is 0. The third-order valence-corrected chi connectivity index (χ3v) is 2.59. The van der Waals surface area contributed by atoms with E-state index in [2.05, 4.69) is 24.3 Å². The standard InChI is InChI=1S/C10H11N/c11-8-10(6-7-10)9-4-2-1-3-5-9/h1-2,4H,3,5-7H2. The van der Waals surface area contributed by atoms with Crippen LogP contribution in [0, 0.1) is 16.7 Å². The van der Waals surface area contributed by atoms with E-state index >= 15 is 0 Å². The molecule has 0 N–H and O–H groups in total. The van der Waals surface area contributed by atoms with Crippen molar-refractivity contribution in [3.8, 4) is 6.07 Å².